The van der Waals surface area contributed by atoms with Gasteiger partial charge in [0, 0.05) is 10.1 Å². The van der Waals surface area contributed by atoms with Gasteiger partial charge in [0.1, 0.15) is 0 Å². The Hall–Kier alpha value is 0.0674. The van der Waals surface area contributed by atoms with Crippen molar-refractivity contribution in [3.8, 4) is 0 Å². The van der Waals surface area contributed by atoms with E-state index in [2.05, 4.69) is 0 Å². The molecule has 0 aromatic carbocycles. The van der Waals surface area contributed by atoms with Gasteiger partial charge >= 0.3 is 18.9 Å². The van der Waals surface area contributed by atoms with Gasteiger partial charge in [-0.15, -0.1) is 0 Å². The van der Waals surface area contributed by atoms with Crippen LogP contribution in [0, 0.1) is 0 Å². The fourth-order valence-corrected chi connectivity index (χ4v) is 0. The van der Waals surface area contributed by atoms with Crippen LogP contribution < -0.4 is 24.0 Å². The Morgan fingerprint density at radius 3 is 2.40 bits per heavy atom. The van der Waals surface area contributed by atoms with Gasteiger partial charge in [-0.25, -0.2) is 0 Å². The van der Waals surface area contributed by atoms with Crippen molar-refractivity contribution in [3.05, 3.63) is 0 Å². The van der Waals surface area contributed by atoms with Crippen LogP contribution in [0.1, 0.15) is 11.0 Å². The molecule has 0 fully saturated rings. The van der Waals surface area contributed by atoms with Crippen LogP contribution in [0.5, 0.6) is 0 Å². The Morgan fingerprint density at radius 2 is 2.40 bits per heavy atom. The van der Waals surface area contributed by atoms with Crippen LogP contribution in [0.3, 0.4) is 0 Å². The predicted octanol–water partition coefficient (Wildman–Crippen LogP) is -4.24. The second-order valence-electron chi connectivity index (χ2n) is 0.287. The number of carboxylic acid groups (broad SMARTS) is 1. The number of rotatable bonds is 0. The summed E-state index contributed by atoms with van der Waals surface area (Å²) in [4.78, 5) is 9.35. The summed E-state index contributed by atoms with van der Waals surface area (Å²) >= 11 is 0. The number of carbonyl (C=O) groups excluding carboxylic acids is 1. The zero-order valence-corrected chi connectivity index (χ0v) is 2.82. The molecule has 0 spiro atoms. The van der Waals surface area contributed by atoms with E-state index in [1.807, 2.05) is 0 Å². The van der Waals surface area contributed by atoms with Crippen molar-refractivity contribution < 1.29 is 32.9 Å². The van der Waals surface area contributed by atoms with Gasteiger partial charge < -0.3 is 9.90 Å². The van der Waals surface area contributed by atoms with Gasteiger partial charge in [-0.05, 0) is 6.85 Å². The van der Waals surface area contributed by atoms with Crippen molar-refractivity contribution in [2.45, 2.75) is 6.85 Å². The Bertz CT molecular complexity index is 87.8. The fourth-order valence-electron chi connectivity index (χ4n) is 0. The van der Waals surface area contributed by atoms with Crippen molar-refractivity contribution in [1.82, 2.24) is 0 Å². The molecule has 0 aliphatic heterocycles. The summed E-state index contributed by atoms with van der Waals surface area (Å²) in [7, 11) is 0. The molecule has 0 saturated carbocycles. The van der Waals surface area contributed by atoms with Crippen LogP contribution in [0.15, 0.2) is 0 Å². The zero-order chi connectivity index (χ0) is 6.08. The second kappa shape index (κ2) is 4.07. The number of carboxylic acids is 1. The normalized spacial score (nSPS) is 16.4. The van der Waals surface area contributed by atoms with Crippen LogP contribution in [0.25, 0.3) is 0 Å². The summed E-state index contributed by atoms with van der Waals surface area (Å²) in [6.07, 6.45) is 0. The maximum absolute atomic E-state index is 9.35. The van der Waals surface area contributed by atoms with E-state index < -0.39 is 12.8 Å². The molecule has 0 radical (unpaired) electrons. The zero-order valence-electron chi connectivity index (χ0n) is 5.82. The average Bonchev–Trinajstić information content (AvgIpc) is 1.31. The van der Waals surface area contributed by atoms with Crippen LogP contribution in [0.2, 0.25) is 0 Å². The Morgan fingerprint density at radius 1 is 2.20 bits per heavy atom. The van der Waals surface area contributed by atoms with Gasteiger partial charge in [-0.1, -0.05) is 0 Å². The van der Waals surface area contributed by atoms with E-state index in [0.717, 1.165) is 0 Å². The van der Waals surface area contributed by atoms with Crippen molar-refractivity contribution in [2.75, 3.05) is 0 Å². The van der Waals surface area contributed by atoms with Gasteiger partial charge in [0.15, 0.2) is 0 Å². The van der Waals surface area contributed by atoms with E-state index in [1.165, 1.54) is 0 Å². The minimum Gasteiger partial charge on any atom is -0.550 e. The summed E-state index contributed by atoms with van der Waals surface area (Å²) in [5.74, 6) is -2.01. The molecule has 0 saturated heterocycles. The standard InChI is InChI=1S/C2H4O2.Li/c1-2(3)4;/h1H3,(H,3,4);/q;+1/p-1/i1+0D3;. The first kappa shape index (κ1) is 2.28. The molecule has 0 amide bonds. The quantitative estimate of drug-likeness (QED) is 0.270. The first-order chi connectivity index (χ1) is 2.94. The number of hydrogen-bond acceptors (Lipinski definition) is 2. The topological polar surface area (TPSA) is 40.1 Å². The Labute approximate surface area is 46.6 Å². The van der Waals surface area contributed by atoms with Gasteiger partial charge in [0.2, 0.25) is 0 Å². The Kier molecular flexibility index (Phi) is 1.85. The van der Waals surface area contributed by atoms with Crippen LogP contribution >= 0.6 is 0 Å². The third-order valence-electron chi connectivity index (χ3n) is 0. The van der Waals surface area contributed by atoms with Crippen LogP contribution in [-0.4, -0.2) is 5.97 Å². The smallest absolute Gasteiger partial charge is 0.550 e. The van der Waals surface area contributed by atoms with Crippen LogP contribution in [-0.2, 0) is 4.79 Å². The van der Waals surface area contributed by atoms with E-state index in [4.69, 9.17) is 4.11 Å². The van der Waals surface area contributed by atoms with E-state index in [0.29, 0.717) is 0 Å². The van der Waals surface area contributed by atoms with E-state index in [1.54, 1.807) is 0 Å². The van der Waals surface area contributed by atoms with Gasteiger partial charge in [-0.3, -0.25) is 0 Å². The van der Waals surface area contributed by atoms with Crippen LogP contribution in [0.4, 0.5) is 0 Å². The molecular formula is C2H3LiO2. The molecule has 0 N–H and O–H groups in total. The molecule has 2 nitrogen and oxygen atoms in total. The summed E-state index contributed by atoms with van der Waals surface area (Å²) in [5, 5.41) is 9.35. The summed E-state index contributed by atoms with van der Waals surface area (Å²) in [6.45, 7) is -2.94. The summed E-state index contributed by atoms with van der Waals surface area (Å²) in [6, 6.07) is 0. The van der Waals surface area contributed by atoms with Gasteiger partial charge in [0.05, 0.1) is 0 Å². The summed E-state index contributed by atoms with van der Waals surface area (Å²) in [5.41, 5.74) is 0. The SMILES string of the molecule is [2H][12C]([2H])([2H])C(=O)[O-].[Li+]. The second-order valence-corrected chi connectivity index (χ2v) is 0.287. The van der Waals surface area contributed by atoms with Crippen molar-refractivity contribution in [2.24, 2.45) is 0 Å². The molecule has 0 aromatic heterocycles. The van der Waals surface area contributed by atoms with E-state index in [9.17, 15) is 9.90 Å². The molecular weight excluding hydrogens is 63.0 g/mol. The third-order valence-corrected chi connectivity index (χ3v) is 0. The molecule has 0 bridgehead atoms. The largest absolute Gasteiger partial charge is 1.00 e. The molecule has 0 aliphatic rings. The van der Waals surface area contributed by atoms with Crippen molar-refractivity contribution in [1.29, 1.82) is 0 Å². The maximum atomic E-state index is 9.35. The van der Waals surface area contributed by atoms with E-state index >= 15 is 0 Å². The third kappa shape index (κ3) is 3830. The molecule has 0 heterocycles. The maximum Gasteiger partial charge on any atom is 1.00 e. The molecule has 0 rings (SSSR count). The number of carbonyl (C=O) groups is 1. The fraction of sp³-hybridized carbons (Fsp3) is 0.500. The first-order valence-electron chi connectivity index (χ1n) is 2.16. The minimum atomic E-state index is -2.94. The summed E-state index contributed by atoms with van der Waals surface area (Å²) < 4.78 is 18.2. The molecule has 24 valence electrons. The average molecular weight is 69.0 g/mol. The molecule has 0 atom stereocenters. The Balaban J connectivity index is 0. The first-order valence-corrected chi connectivity index (χ1v) is 0.658. The van der Waals surface area contributed by atoms with Gasteiger partial charge in [0.25, 0.3) is 0 Å². The van der Waals surface area contributed by atoms with Crippen molar-refractivity contribution in [3.63, 3.8) is 0 Å². The molecule has 5 heavy (non-hydrogen) atoms. The minimum absolute atomic E-state index is 0. The van der Waals surface area contributed by atoms with Crippen molar-refractivity contribution >= 4 is 5.97 Å². The number of hydrogen-bond donors (Lipinski definition) is 0. The van der Waals surface area contributed by atoms with E-state index in [-0.39, 0.29) is 18.9 Å². The predicted molar refractivity (Wildman–Crippen MR) is 10.7 cm³/mol. The molecule has 0 aliphatic carbocycles. The number of aliphatic carboxylic acids is 1. The van der Waals surface area contributed by atoms with Gasteiger partial charge in [-0.2, -0.15) is 0 Å². The molecule has 0 unspecified atom stereocenters. The molecule has 3 heteroatoms. The monoisotopic (exact) mass is 69.0 g/mol. The molecule has 0 aromatic rings.